The van der Waals surface area contributed by atoms with E-state index in [1.165, 1.54) is 4.57 Å². The molecule has 0 atom stereocenters. The van der Waals surface area contributed by atoms with Gasteiger partial charge in [-0.15, -0.1) is 0 Å². The number of imidazole rings is 1. The first-order chi connectivity index (χ1) is 15.1. The molecule has 31 heavy (non-hydrogen) atoms. The molecule has 1 aromatic carbocycles. The highest BCUT2D eigenvalue weighted by Gasteiger charge is 2.18. The smallest absolute Gasteiger partial charge is 0.332 e. The Morgan fingerprint density at radius 1 is 1.00 bits per heavy atom. The van der Waals surface area contributed by atoms with E-state index in [1.807, 2.05) is 50.4 Å². The van der Waals surface area contributed by atoms with Crippen LogP contribution in [0, 0.1) is 0 Å². The predicted molar refractivity (Wildman–Crippen MR) is 118 cm³/mol. The molecular weight excluding hydrogens is 396 g/mol. The number of aromatic amines is 1. The zero-order valence-electron chi connectivity index (χ0n) is 17.7. The summed E-state index contributed by atoms with van der Waals surface area (Å²) in [5, 5.41) is 4.36. The fourth-order valence-corrected chi connectivity index (χ4v) is 3.53. The highest BCUT2D eigenvalue weighted by molar-refractivity contribution is 5.75. The van der Waals surface area contributed by atoms with Gasteiger partial charge in [0.1, 0.15) is 23.7 Å². The molecule has 0 bridgehead atoms. The quantitative estimate of drug-likeness (QED) is 0.447. The van der Waals surface area contributed by atoms with E-state index in [9.17, 15) is 9.59 Å². The molecule has 0 aliphatic carbocycles. The number of aromatic nitrogens is 6. The maximum atomic E-state index is 12.9. The lowest BCUT2D eigenvalue weighted by atomic mass is 10.3. The van der Waals surface area contributed by atoms with Crippen LogP contribution in [0.5, 0.6) is 5.75 Å². The number of rotatable bonds is 9. The zero-order chi connectivity index (χ0) is 21.8. The lowest BCUT2D eigenvalue weighted by Gasteiger charge is -2.09. The lowest BCUT2D eigenvalue weighted by molar-refractivity contribution is 0.291. The van der Waals surface area contributed by atoms with Gasteiger partial charge in [0.15, 0.2) is 5.65 Å². The van der Waals surface area contributed by atoms with Crippen molar-refractivity contribution in [2.75, 3.05) is 6.61 Å². The summed E-state index contributed by atoms with van der Waals surface area (Å²) >= 11 is 0. The van der Waals surface area contributed by atoms with Gasteiger partial charge in [-0.05, 0) is 25.0 Å². The topological polar surface area (TPSA) is 99.7 Å². The monoisotopic (exact) mass is 422 g/mol. The SMILES string of the molecule is CCCn1c(=O)c2[nH]c(-c3cnn(CCOc4ccccc4)c3)nc2n(CCC)c1=O. The number of aryl methyl sites for hydroxylation is 1. The van der Waals surface area contributed by atoms with E-state index >= 15 is 0 Å². The maximum absolute atomic E-state index is 12.9. The van der Waals surface area contributed by atoms with E-state index < -0.39 is 0 Å². The van der Waals surface area contributed by atoms with Crippen LogP contribution in [0.25, 0.3) is 22.6 Å². The Hall–Kier alpha value is -3.62. The molecule has 0 saturated carbocycles. The summed E-state index contributed by atoms with van der Waals surface area (Å²) in [4.78, 5) is 33.4. The highest BCUT2D eigenvalue weighted by atomic mass is 16.5. The predicted octanol–water partition coefficient (Wildman–Crippen LogP) is 2.65. The summed E-state index contributed by atoms with van der Waals surface area (Å²) in [6.45, 7) is 5.85. The van der Waals surface area contributed by atoms with Crippen LogP contribution in [0.4, 0.5) is 0 Å². The molecule has 3 heterocycles. The minimum absolute atomic E-state index is 0.312. The second-order valence-electron chi connectivity index (χ2n) is 7.33. The Bertz CT molecular complexity index is 1280. The van der Waals surface area contributed by atoms with Gasteiger partial charge in [0.05, 0.1) is 18.3 Å². The standard InChI is InChI=1S/C22H26N6O3/c1-3-10-27-20-18(21(29)28(11-4-2)22(27)30)24-19(25-20)16-14-23-26(15-16)12-13-31-17-8-6-5-7-9-17/h5-9,14-15H,3-4,10-13H2,1-2H3,(H,24,25). The van der Waals surface area contributed by atoms with Gasteiger partial charge in [-0.1, -0.05) is 32.0 Å². The number of nitrogens with zero attached hydrogens (tertiary/aromatic N) is 5. The number of hydrogen-bond acceptors (Lipinski definition) is 5. The molecule has 4 aromatic rings. The van der Waals surface area contributed by atoms with Gasteiger partial charge in [-0.25, -0.2) is 9.78 Å². The Labute approximate surface area is 178 Å². The number of para-hydroxylation sites is 1. The summed E-state index contributed by atoms with van der Waals surface area (Å²) < 4.78 is 10.3. The molecule has 1 N–H and O–H groups in total. The Balaban J connectivity index is 1.61. The van der Waals surface area contributed by atoms with Crippen LogP contribution in [0.3, 0.4) is 0 Å². The molecule has 9 heteroatoms. The molecule has 9 nitrogen and oxygen atoms in total. The van der Waals surface area contributed by atoms with Crippen molar-refractivity contribution < 1.29 is 4.74 Å². The van der Waals surface area contributed by atoms with Gasteiger partial charge in [0, 0.05) is 19.3 Å². The van der Waals surface area contributed by atoms with Gasteiger partial charge in [-0.2, -0.15) is 5.10 Å². The van der Waals surface area contributed by atoms with Crippen LogP contribution in [0.2, 0.25) is 0 Å². The fourth-order valence-electron chi connectivity index (χ4n) is 3.53. The largest absolute Gasteiger partial charge is 0.492 e. The van der Waals surface area contributed by atoms with Crippen molar-refractivity contribution in [3.8, 4) is 17.1 Å². The molecule has 0 radical (unpaired) electrons. The van der Waals surface area contributed by atoms with Gasteiger partial charge in [0.25, 0.3) is 5.56 Å². The van der Waals surface area contributed by atoms with Crippen LogP contribution in [-0.2, 0) is 19.6 Å². The number of ether oxygens (including phenoxy) is 1. The molecule has 0 saturated heterocycles. The van der Waals surface area contributed by atoms with Gasteiger partial charge in [-0.3, -0.25) is 18.6 Å². The normalized spacial score (nSPS) is 11.3. The number of hydrogen-bond donors (Lipinski definition) is 1. The van der Waals surface area contributed by atoms with E-state index in [0.29, 0.717) is 49.7 Å². The van der Waals surface area contributed by atoms with Crippen molar-refractivity contribution in [3.63, 3.8) is 0 Å². The number of benzene rings is 1. The first kappa shape index (κ1) is 20.6. The Morgan fingerprint density at radius 3 is 2.48 bits per heavy atom. The molecule has 0 aliphatic rings. The van der Waals surface area contributed by atoms with Crippen molar-refractivity contribution in [2.24, 2.45) is 0 Å². The first-order valence-corrected chi connectivity index (χ1v) is 10.6. The van der Waals surface area contributed by atoms with E-state index in [2.05, 4.69) is 15.1 Å². The second-order valence-corrected chi connectivity index (χ2v) is 7.33. The second kappa shape index (κ2) is 9.03. The van der Waals surface area contributed by atoms with Gasteiger partial charge >= 0.3 is 5.69 Å². The zero-order valence-corrected chi connectivity index (χ0v) is 17.7. The molecule has 4 rings (SSSR count). The summed E-state index contributed by atoms with van der Waals surface area (Å²) in [6, 6.07) is 9.61. The third kappa shape index (κ3) is 4.16. The molecule has 0 spiro atoms. The third-order valence-corrected chi connectivity index (χ3v) is 4.99. The summed E-state index contributed by atoms with van der Waals surface area (Å²) in [5.41, 5.74) is 0.827. The highest BCUT2D eigenvalue weighted by Crippen LogP contribution is 2.18. The van der Waals surface area contributed by atoms with E-state index in [1.54, 1.807) is 15.4 Å². The van der Waals surface area contributed by atoms with Crippen molar-refractivity contribution in [2.45, 2.75) is 46.3 Å². The molecule has 0 amide bonds. The van der Waals surface area contributed by atoms with Gasteiger partial charge in [0.2, 0.25) is 0 Å². The van der Waals surface area contributed by atoms with Crippen molar-refractivity contribution in [1.29, 1.82) is 0 Å². The number of nitrogens with one attached hydrogen (secondary N) is 1. The van der Waals surface area contributed by atoms with Crippen LogP contribution in [0.15, 0.2) is 52.3 Å². The molecule has 0 aliphatic heterocycles. The molecule has 162 valence electrons. The van der Waals surface area contributed by atoms with Crippen LogP contribution in [0.1, 0.15) is 26.7 Å². The third-order valence-electron chi connectivity index (χ3n) is 4.99. The van der Waals surface area contributed by atoms with Crippen molar-refractivity contribution >= 4 is 11.2 Å². The van der Waals surface area contributed by atoms with Crippen LogP contribution < -0.4 is 16.0 Å². The molecule has 3 aromatic heterocycles. The van der Waals surface area contributed by atoms with Gasteiger partial charge < -0.3 is 9.72 Å². The maximum Gasteiger partial charge on any atom is 0.332 e. The fraction of sp³-hybridized carbons (Fsp3) is 0.364. The van der Waals surface area contributed by atoms with E-state index in [-0.39, 0.29) is 11.2 Å². The number of H-pyrrole nitrogens is 1. The van der Waals surface area contributed by atoms with Crippen LogP contribution in [-0.4, -0.2) is 35.5 Å². The Morgan fingerprint density at radius 2 is 1.74 bits per heavy atom. The minimum atomic E-state index is -0.336. The van der Waals surface area contributed by atoms with Crippen LogP contribution >= 0.6 is 0 Å². The minimum Gasteiger partial charge on any atom is -0.492 e. The molecule has 0 unspecified atom stereocenters. The average molecular weight is 422 g/mol. The average Bonchev–Trinajstić information content (AvgIpc) is 3.42. The summed E-state index contributed by atoms with van der Waals surface area (Å²) in [6.07, 6.45) is 5.00. The first-order valence-electron chi connectivity index (χ1n) is 10.6. The van der Waals surface area contributed by atoms with Crippen molar-refractivity contribution in [3.05, 3.63) is 63.6 Å². The summed E-state index contributed by atoms with van der Waals surface area (Å²) in [5.74, 6) is 1.32. The van der Waals surface area contributed by atoms with Crippen molar-refractivity contribution in [1.82, 2.24) is 28.9 Å². The lowest BCUT2D eigenvalue weighted by Crippen LogP contribution is -2.40. The van der Waals surface area contributed by atoms with E-state index in [4.69, 9.17) is 4.74 Å². The summed E-state index contributed by atoms with van der Waals surface area (Å²) in [7, 11) is 0. The molecular formula is C22H26N6O3. The Kier molecular flexibility index (Phi) is 6.01. The van der Waals surface area contributed by atoms with E-state index in [0.717, 1.165) is 17.7 Å². The molecule has 0 fully saturated rings. The number of fused-ring (bicyclic) bond motifs is 1.